The van der Waals surface area contributed by atoms with Gasteiger partial charge in [-0.15, -0.1) is 0 Å². The van der Waals surface area contributed by atoms with Gasteiger partial charge in [0.05, 0.1) is 7.11 Å². The first-order chi connectivity index (χ1) is 7.78. The van der Waals surface area contributed by atoms with Crippen molar-refractivity contribution < 1.29 is 25.9 Å². The van der Waals surface area contributed by atoms with Crippen LogP contribution < -0.4 is 25.9 Å². The van der Waals surface area contributed by atoms with Crippen LogP contribution in [-0.4, -0.2) is 12.1 Å². The SMILES string of the molecule is COc1ccc([I+]c2cccc(Br)n2)cc1. The Hall–Kier alpha value is -0.620. The fourth-order valence-electron chi connectivity index (χ4n) is 1.18. The highest BCUT2D eigenvalue weighted by molar-refractivity contribution is 9.10. The summed E-state index contributed by atoms with van der Waals surface area (Å²) in [7, 11) is 1.68. The molecule has 0 fully saturated rings. The van der Waals surface area contributed by atoms with Gasteiger partial charge in [0.2, 0.25) is 0 Å². The van der Waals surface area contributed by atoms with Crippen LogP contribution in [0.15, 0.2) is 47.1 Å². The number of pyridine rings is 1. The Morgan fingerprint density at radius 3 is 2.50 bits per heavy atom. The molecule has 82 valence electrons. The molecule has 16 heavy (non-hydrogen) atoms. The highest BCUT2D eigenvalue weighted by Crippen LogP contribution is 2.06. The Morgan fingerprint density at radius 1 is 1.12 bits per heavy atom. The number of rotatable bonds is 3. The maximum atomic E-state index is 5.13. The van der Waals surface area contributed by atoms with E-state index in [1.54, 1.807) is 7.11 Å². The predicted molar refractivity (Wildman–Crippen MR) is 62.3 cm³/mol. The van der Waals surface area contributed by atoms with E-state index in [0.29, 0.717) is 0 Å². The van der Waals surface area contributed by atoms with E-state index in [9.17, 15) is 0 Å². The second-order valence-corrected chi connectivity index (χ2v) is 6.74. The van der Waals surface area contributed by atoms with Crippen molar-refractivity contribution in [2.45, 2.75) is 0 Å². The number of hydrogen-bond donors (Lipinski definition) is 0. The summed E-state index contributed by atoms with van der Waals surface area (Å²) >= 11 is 3.18. The Bertz CT molecular complexity index is 473. The van der Waals surface area contributed by atoms with E-state index in [1.807, 2.05) is 24.3 Å². The first-order valence-electron chi connectivity index (χ1n) is 4.69. The van der Waals surface area contributed by atoms with Gasteiger partial charge in [-0.05, 0) is 46.3 Å². The molecule has 0 amide bonds. The van der Waals surface area contributed by atoms with Gasteiger partial charge in [-0.25, -0.2) is 0 Å². The fourth-order valence-corrected chi connectivity index (χ4v) is 3.98. The molecule has 0 bridgehead atoms. The van der Waals surface area contributed by atoms with E-state index in [1.165, 1.54) is 7.27 Å². The first kappa shape index (κ1) is 11.9. The molecule has 0 radical (unpaired) electrons. The molecule has 0 aliphatic carbocycles. The molecule has 2 aromatic rings. The van der Waals surface area contributed by atoms with Crippen molar-refractivity contribution in [3.63, 3.8) is 0 Å². The third-order valence-electron chi connectivity index (χ3n) is 1.94. The second kappa shape index (κ2) is 5.63. The van der Waals surface area contributed by atoms with Gasteiger partial charge in [0.25, 0.3) is 3.70 Å². The number of methoxy groups -OCH3 is 1. The topological polar surface area (TPSA) is 22.1 Å². The molecule has 0 saturated heterocycles. The van der Waals surface area contributed by atoms with Crippen LogP contribution in [0.1, 0.15) is 0 Å². The van der Waals surface area contributed by atoms with E-state index < -0.39 is 0 Å². The quantitative estimate of drug-likeness (QED) is 0.543. The molecule has 0 aliphatic heterocycles. The average molecular weight is 391 g/mol. The Kier molecular flexibility index (Phi) is 4.17. The van der Waals surface area contributed by atoms with E-state index in [2.05, 4.69) is 39.1 Å². The molecule has 0 atom stereocenters. The molecule has 2 nitrogen and oxygen atoms in total. The summed E-state index contributed by atoms with van der Waals surface area (Å²) < 4.78 is 8.53. The van der Waals surface area contributed by atoms with Crippen LogP contribution >= 0.6 is 15.9 Å². The van der Waals surface area contributed by atoms with Crippen LogP contribution in [0.25, 0.3) is 0 Å². The van der Waals surface area contributed by atoms with Crippen LogP contribution in [0, 0.1) is 7.27 Å². The molecule has 4 heteroatoms. The molecular weight excluding hydrogens is 381 g/mol. The Balaban J connectivity index is 2.14. The van der Waals surface area contributed by atoms with E-state index in [0.717, 1.165) is 10.4 Å². The predicted octanol–water partition coefficient (Wildman–Crippen LogP) is -0.0189. The minimum absolute atomic E-state index is 0.203. The first-order valence-corrected chi connectivity index (χ1v) is 7.64. The molecule has 0 unspecified atom stereocenters. The van der Waals surface area contributed by atoms with Crippen LogP contribution in [0.4, 0.5) is 0 Å². The number of aromatic nitrogens is 1. The Morgan fingerprint density at radius 2 is 1.88 bits per heavy atom. The van der Waals surface area contributed by atoms with Crippen molar-refractivity contribution in [2.24, 2.45) is 0 Å². The van der Waals surface area contributed by atoms with Crippen LogP contribution in [-0.2, 0) is 0 Å². The summed E-state index contributed by atoms with van der Waals surface area (Å²) in [5.74, 6) is 0.898. The lowest BCUT2D eigenvalue weighted by atomic mass is 10.3. The van der Waals surface area contributed by atoms with Crippen molar-refractivity contribution in [3.05, 3.63) is 54.3 Å². The molecular formula is C12H10BrINO+. The Labute approximate surface area is 113 Å². The summed E-state index contributed by atoms with van der Waals surface area (Å²) in [6.07, 6.45) is 0. The average Bonchev–Trinajstić information content (AvgIpc) is 2.30. The van der Waals surface area contributed by atoms with Crippen molar-refractivity contribution in [3.8, 4) is 5.75 Å². The van der Waals surface area contributed by atoms with Crippen molar-refractivity contribution in [1.29, 1.82) is 0 Å². The minimum Gasteiger partial charge on any atom is -0.497 e. The van der Waals surface area contributed by atoms with Gasteiger partial charge in [-0.2, -0.15) is 4.98 Å². The number of nitrogens with zero attached hydrogens (tertiary/aromatic N) is 1. The van der Waals surface area contributed by atoms with Gasteiger partial charge in [0.15, 0.2) is 3.57 Å². The van der Waals surface area contributed by atoms with Gasteiger partial charge >= 0.3 is 21.2 Å². The van der Waals surface area contributed by atoms with E-state index in [-0.39, 0.29) is 21.2 Å². The maximum Gasteiger partial charge on any atom is 0.379 e. The lowest BCUT2D eigenvalue weighted by molar-refractivity contribution is -0.603. The number of ether oxygens (including phenoxy) is 1. The molecule has 0 N–H and O–H groups in total. The summed E-state index contributed by atoms with van der Waals surface area (Å²) in [5, 5.41) is 0. The fraction of sp³-hybridized carbons (Fsp3) is 0.0833. The van der Waals surface area contributed by atoms with Crippen molar-refractivity contribution in [2.75, 3.05) is 7.11 Å². The van der Waals surface area contributed by atoms with E-state index >= 15 is 0 Å². The number of halogens is 2. The van der Waals surface area contributed by atoms with Crippen LogP contribution in [0.5, 0.6) is 5.75 Å². The van der Waals surface area contributed by atoms with E-state index in [4.69, 9.17) is 4.74 Å². The van der Waals surface area contributed by atoms with Crippen molar-refractivity contribution in [1.82, 2.24) is 4.98 Å². The summed E-state index contributed by atoms with van der Waals surface area (Å²) in [5.41, 5.74) is 0. The third kappa shape index (κ3) is 3.18. The highest BCUT2D eigenvalue weighted by Gasteiger charge is 2.17. The zero-order valence-electron chi connectivity index (χ0n) is 8.65. The summed E-state index contributed by atoms with van der Waals surface area (Å²) in [4.78, 5) is 4.45. The smallest absolute Gasteiger partial charge is 0.379 e. The molecule has 1 aromatic heterocycles. The third-order valence-corrected chi connectivity index (χ3v) is 4.87. The normalized spacial score (nSPS) is 10.1. The zero-order valence-corrected chi connectivity index (χ0v) is 12.4. The molecule has 0 spiro atoms. The molecule has 1 aromatic carbocycles. The van der Waals surface area contributed by atoms with Crippen LogP contribution in [0.3, 0.4) is 0 Å². The molecule has 0 saturated carbocycles. The number of benzene rings is 1. The lowest BCUT2D eigenvalue weighted by Gasteiger charge is -1.95. The van der Waals surface area contributed by atoms with Crippen LogP contribution in [0.2, 0.25) is 0 Å². The summed E-state index contributed by atoms with van der Waals surface area (Å²) in [6, 6.07) is 14.2. The van der Waals surface area contributed by atoms with Gasteiger partial charge in [0.1, 0.15) is 10.4 Å². The lowest BCUT2D eigenvalue weighted by Crippen LogP contribution is -3.62. The monoisotopic (exact) mass is 390 g/mol. The van der Waals surface area contributed by atoms with Gasteiger partial charge in [0, 0.05) is 6.07 Å². The largest absolute Gasteiger partial charge is 0.497 e. The zero-order chi connectivity index (χ0) is 11.4. The minimum atomic E-state index is -0.203. The standard InChI is InChI=1S/C12H10BrINO/c1-16-10-7-5-9(6-8-10)14-12-4-2-3-11(13)15-12/h2-8H,1H3/q+1. The van der Waals surface area contributed by atoms with Gasteiger partial charge in [-0.1, -0.05) is 6.07 Å². The summed E-state index contributed by atoms with van der Waals surface area (Å²) in [6.45, 7) is 0. The van der Waals surface area contributed by atoms with Gasteiger partial charge < -0.3 is 4.74 Å². The molecule has 1 heterocycles. The maximum absolute atomic E-state index is 5.13. The number of hydrogen-bond acceptors (Lipinski definition) is 2. The highest BCUT2D eigenvalue weighted by atomic mass is 127. The molecule has 2 rings (SSSR count). The van der Waals surface area contributed by atoms with Gasteiger partial charge in [-0.3, -0.25) is 0 Å². The molecule has 0 aliphatic rings. The second-order valence-electron chi connectivity index (χ2n) is 3.04. The van der Waals surface area contributed by atoms with Crippen molar-refractivity contribution >= 4 is 15.9 Å².